The molecule has 1 aromatic rings. The van der Waals surface area contributed by atoms with E-state index in [2.05, 4.69) is 46.7 Å². The lowest BCUT2D eigenvalue weighted by molar-refractivity contribution is -0.136. The fourth-order valence-electron chi connectivity index (χ4n) is 2.74. The van der Waals surface area contributed by atoms with E-state index in [1.807, 2.05) is 4.90 Å². The van der Waals surface area contributed by atoms with E-state index < -0.39 is 0 Å². The van der Waals surface area contributed by atoms with Crippen LogP contribution in [0, 0.1) is 5.92 Å². The van der Waals surface area contributed by atoms with Crippen LogP contribution in [0.2, 0.25) is 0 Å². The lowest BCUT2D eigenvalue weighted by Crippen LogP contribution is -2.56. The average Bonchev–Trinajstić information content (AvgIpc) is 2.43. The Bertz CT molecular complexity index is 570. The number of carbonyl (C=O) groups is 1. The van der Waals surface area contributed by atoms with Gasteiger partial charge in [0, 0.05) is 31.9 Å². The molecule has 0 spiro atoms. The van der Waals surface area contributed by atoms with E-state index in [0.29, 0.717) is 10.4 Å². The zero-order valence-corrected chi connectivity index (χ0v) is 14.3. The molecule has 1 atom stereocenters. The van der Waals surface area contributed by atoms with Gasteiger partial charge >= 0.3 is 0 Å². The highest BCUT2D eigenvalue weighted by Gasteiger charge is 2.31. The summed E-state index contributed by atoms with van der Waals surface area (Å²) in [7, 11) is 2.09. The van der Waals surface area contributed by atoms with Crippen LogP contribution in [0.1, 0.15) is 19.4 Å². The van der Waals surface area contributed by atoms with Gasteiger partial charge in [-0.05, 0) is 40.5 Å². The predicted octanol–water partition coefficient (Wildman–Crippen LogP) is 1.48. The van der Waals surface area contributed by atoms with Crippen LogP contribution in [0.5, 0.6) is 0 Å². The first-order chi connectivity index (χ1) is 9.90. The topological polar surface area (TPSA) is 56.4 Å². The highest BCUT2D eigenvalue weighted by molar-refractivity contribution is 9.10. The molecule has 1 aliphatic heterocycles. The molecule has 0 radical (unpaired) electrons. The van der Waals surface area contributed by atoms with Gasteiger partial charge in [0.05, 0.1) is 10.9 Å². The van der Waals surface area contributed by atoms with Crippen molar-refractivity contribution < 1.29 is 4.79 Å². The minimum absolute atomic E-state index is 0.0908. The minimum atomic E-state index is -0.195. The Morgan fingerprint density at radius 1 is 1.48 bits per heavy atom. The average molecular weight is 356 g/mol. The zero-order chi connectivity index (χ0) is 15.6. The molecule has 21 heavy (non-hydrogen) atoms. The number of hydrogen-bond donors (Lipinski definition) is 1. The van der Waals surface area contributed by atoms with Crippen molar-refractivity contribution in [3.8, 4) is 0 Å². The summed E-state index contributed by atoms with van der Waals surface area (Å²) < 4.78 is 0.452. The lowest BCUT2D eigenvalue weighted by atomic mass is 9.99. The first kappa shape index (κ1) is 16.2. The van der Waals surface area contributed by atoms with E-state index in [9.17, 15) is 9.59 Å². The molecule has 1 saturated heterocycles. The molecule has 5 nitrogen and oxygen atoms in total. The summed E-state index contributed by atoms with van der Waals surface area (Å²) in [6.07, 6.45) is 1.84. The summed E-state index contributed by atoms with van der Waals surface area (Å²) in [5.41, 5.74) is 0.546. The molecule has 6 heteroatoms. The Labute approximate surface area is 133 Å². The van der Waals surface area contributed by atoms with Gasteiger partial charge in [0.15, 0.2) is 0 Å². The standard InChI is InChI=1S/C15H22BrN3O2/c1-10(2)12-9-18(3)6-7-19(12)13(20)8-11-4-5-17-15(21)14(11)16/h4-5,10,12H,6-9H2,1-3H3,(H,17,21). The van der Waals surface area contributed by atoms with Crippen molar-refractivity contribution in [2.45, 2.75) is 26.3 Å². The Balaban J connectivity index is 2.15. The molecule has 1 N–H and O–H groups in total. The summed E-state index contributed by atoms with van der Waals surface area (Å²) in [4.78, 5) is 31.0. The van der Waals surface area contributed by atoms with Gasteiger partial charge in [-0.15, -0.1) is 0 Å². The number of pyridine rings is 1. The summed E-state index contributed by atoms with van der Waals surface area (Å²) in [6, 6.07) is 2.01. The molecule has 0 bridgehead atoms. The molecule has 116 valence electrons. The SMILES string of the molecule is CC(C)C1CN(C)CCN1C(=O)Cc1cc[nH]c(=O)c1Br. The fourth-order valence-corrected chi connectivity index (χ4v) is 3.12. The smallest absolute Gasteiger partial charge is 0.262 e. The van der Waals surface area contributed by atoms with Crippen LogP contribution < -0.4 is 5.56 Å². The van der Waals surface area contributed by atoms with Crippen molar-refractivity contribution in [2.24, 2.45) is 5.92 Å². The Morgan fingerprint density at radius 2 is 2.19 bits per heavy atom. The van der Waals surface area contributed by atoms with Crippen molar-refractivity contribution >= 4 is 21.8 Å². The van der Waals surface area contributed by atoms with Gasteiger partial charge in [-0.2, -0.15) is 0 Å². The van der Waals surface area contributed by atoms with Gasteiger partial charge in [-0.1, -0.05) is 13.8 Å². The number of likely N-dealkylation sites (N-methyl/N-ethyl adjacent to an activating group) is 1. The number of nitrogens with one attached hydrogen (secondary N) is 1. The number of amides is 1. The Hall–Kier alpha value is -1.14. The van der Waals surface area contributed by atoms with Gasteiger partial charge in [0.2, 0.25) is 5.91 Å². The van der Waals surface area contributed by atoms with Crippen LogP contribution in [0.3, 0.4) is 0 Å². The number of aromatic amines is 1. The number of piperazine rings is 1. The van der Waals surface area contributed by atoms with Crippen LogP contribution in [0.15, 0.2) is 21.5 Å². The number of halogens is 1. The highest BCUT2D eigenvalue weighted by Crippen LogP contribution is 2.19. The number of rotatable bonds is 3. The number of H-pyrrole nitrogens is 1. The molecule has 1 aliphatic rings. The van der Waals surface area contributed by atoms with Gasteiger partial charge in [0.25, 0.3) is 5.56 Å². The van der Waals surface area contributed by atoms with Crippen molar-refractivity contribution in [1.82, 2.24) is 14.8 Å². The van der Waals surface area contributed by atoms with Gasteiger partial charge in [-0.25, -0.2) is 0 Å². The third-order valence-corrected chi connectivity index (χ3v) is 4.90. The molecule has 1 fully saturated rings. The van der Waals surface area contributed by atoms with E-state index in [1.54, 1.807) is 12.3 Å². The molecule has 1 amide bonds. The number of aromatic nitrogens is 1. The van der Waals surface area contributed by atoms with Crippen LogP contribution >= 0.6 is 15.9 Å². The lowest BCUT2D eigenvalue weighted by Gasteiger charge is -2.42. The van der Waals surface area contributed by atoms with Crippen molar-refractivity contribution in [2.75, 3.05) is 26.7 Å². The first-order valence-electron chi connectivity index (χ1n) is 7.24. The van der Waals surface area contributed by atoms with Crippen LogP contribution in [-0.4, -0.2) is 53.4 Å². The highest BCUT2D eigenvalue weighted by atomic mass is 79.9. The molecule has 2 rings (SSSR count). The number of hydrogen-bond acceptors (Lipinski definition) is 3. The molecule has 0 aromatic carbocycles. The Kier molecular flexibility index (Phi) is 5.22. The van der Waals surface area contributed by atoms with Crippen molar-refractivity contribution in [3.63, 3.8) is 0 Å². The monoisotopic (exact) mass is 355 g/mol. The minimum Gasteiger partial charge on any atom is -0.337 e. The van der Waals surface area contributed by atoms with Crippen LogP contribution in [0.4, 0.5) is 0 Å². The van der Waals surface area contributed by atoms with Crippen molar-refractivity contribution in [1.29, 1.82) is 0 Å². The van der Waals surface area contributed by atoms with E-state index in [-0.39, 0.29) is 23.9 Å². The zero-order valence-electron chi connectivity index (χ0n) is 12.7. The summed E-state index contributed by atoms with van der Waals surface area (Å²) in [5, 5.41) is 0. The van der Waals surface area contributed by atoms with Gasteiger partial charge in [0.1, 0.15) is 0 Å². The fraction of sp³-hybridized carbons (Fsp3) is 0.600. The van der Waals surface area contributed by atoms with Gasteiger partial charge in [-0.3, -0.25) is 9.59 Å². The maximum absolute atomic E-state index is 12.6. The third-order valence-electron chi connectivity index (χ3n) is 4.03. The molecule has 1 aromatic heterocycles. The summed E-state index contributed by atoms with van der Waals surface area (Å²) in [5.74, 6) is 0.507. The molecule has 0 aliphatic carbocycles. The van der Waals surface area contributed by atoms with E-state index in [4.69, 9.17) is 0 Å². The first-order valence-corrected chi connectivity index (χ1v) is 8.03. The molecule has 2 heterocycles. The van der Waals surface area contributed by atoms with Crippen LogP contribution in [-0.2, 0) is 11.2 Å². The number of carbonyl (C=O) groups excluding carboxylic acids is 1. The van der Waals surface area contributed by atoms with E-state index in [1.165, 1.54) is 0 Å². The summed E-state index contributed by atoms with van der Waals surface area (Å²) in [6.45, 7) is 6.84. The third kappa shape index (κ3) is 3.74. The second-order valence-corrected chi connectivity index (χ2v) is 6.78. The van der Waals surface area contributed by atoms with E-state index >= 15 is 0 Å². The maximum atomic E-state index is 12.6. The normalized spacial score (nSPS) is 20.0. The molecular weight excluding hydrogens is 334 g/mol. The largest absolute Gasteiger partial charge is 0.337 e. The predicted molar refractivity (Wildman–Crippen MR) is 86.3 cm³/mol. The second kappa shape index (κ2) is 6.75. The quantitative estimate of drug-likeness (QED) is 0.893. The van der Waals surface area contributed by atoms with Crippen molar-refractivity contribution in [3.05, 3.63) is 32.7 Å². The molecular formula is C15H22BrN3O2. The molecule has 0 saturated carbocycles. The second-order valence-electron chi connectivity index (χ2n) is 5.98. The summed E-state index contributed by atoms with van der Waals surface area (Å²) >= 11 is 3.26. The molecule has 1 unspecified atom stereocenters. The number of nitrogens with zero attached hydrogens (tertiary/aromatic N) is 2. The van der Waals surface area contributed by atoms with E-state index in [0.717, 1.165) is 25.2 Å². The Morgan fingerprint density at radius 3 is 2.86 bits per heavy atom. The van der Waals surface area contributed by atoms with Gasteiger partial charge < -0.3 is 14.8 Å². The maximum Gasteiger partial charge on any atom is 0.262 e. The van der Waals surface area contributed by atoms with Crippen LogP contribution in [0.25, 0.3) is 0 Å².